The monoisotopic (exact) mass is 402 g/mol. The molecular weight excluding hydrogens is 364 g/mol. The molecule has 0 bridgehead atoms. The van der Waals surface area contributed by atoms with E-state index in [0.717, 1.165) is 84.1 Å². The van der Waals surface area contributed by atoms with Crippen molar-refractivity contribution in [3.05, 3.63) is 35.9 Å². The summed E-state index contributed by atoms with van der Waals surface area (Å²) in [5.41, 5.74) is 1.24. The van der Waals surface area contributed by atoms with E-state index in [4.69, 9.17) is 9.73 Å². The molecule has 1 aromatic rings. The van der Waals surface area contributed by atoms with Crippen LogP contribution in [0.5, 0.6) is 0 Å². The Labute approximate surface area is 175 Å². The van der Waals surface area contributed by atoms with Crippen molar-refractivity contribution in [3.63, 3.8) is 0 Å². The van der Waals surface area contributed by atoms with Crippen molar-refractivity contribution in [1.82, 2.24) is 15.1 Å². The molecule has 0 saturated carbocycles. The van der Waals surface area contributed by atoms with Crippen molar-refractivity contribution in [2.45, 2.75) is 45.3 Å². The van der Waals surface area contributed by atoms with Crippen LogP contribution in [0.25, 0.3) is 0 Å². The zero-order chi connectivity index (χ0) is 20.3. The van der Waals surface area contributed by atoms with Crippen molar-refractivity contribution < 1.29 is 9.84 Å². The Morgan fingerprint density at radius 3 is 2.72 bits per heavy atom. The molecule has 1 atom stereocenters. The Bertz CT molecular complexity index is 602. The third kappa shape index (κ3) is 7.61. The molecule has 2 fully saturated rings. The second kappa shape index (κ2) is 12.2. The number of piperidine rings is 1. The maximum atomic E-state index is 9.61. The van der Waals surface area contributed by atoms with Crippen LogP contribution in [-0.4, -0.2) is 79.4 Å². The average molecular weight is 403 g/mol. The van der Waals surface area contributed by atoms with Crippen LogP contribution >= 0.6 is 0 Å². The minimum Gasteiger partial charge on any atom is -0.393 e. The summed E-state index contributed by atoms with van der Waals surface area (Å²) in [6.45, 7) is 10.6. The molecule has 6 nitrogen and oxygen atoms in total. The van der Waals surface area contributed by atoms with Crippen LogP contribution in [-0.2, 0) is 11.3 Å². The summed E-state index contributed by atoms with van der Waals surface area (Å²) in [5, 5.41) is 13.1. The number of hydrogen-bond donors (Lipinski definition) is 2. The third-order valence-corrected chi connectivity index (χ3v) is 5.84. The lowest BCUT2D eigenvalue weighted by atomic mass is 10.1. The molecule has 0 radical (unpaired) electrons. The Hall–Kier alpha value is -1.63. The van der Waals surface area contributed by atoms with Gasteiger partial charge in [-0.1, -0.05) is 30.3 Å². The first-order chi connectivity index (χ1) is 14.2. The molecule has 1 aromatic carbocycles. The number of aliphatic hydroxyl groups is 1. The van der Waals surface area contributed by atoms with Crippen LogP contribution in [0, 0.1) is 5.92 Å². The average Bonchev–Trinajstić information content (AvgIpc) is 3.21. The number of nitrogens with one attached hydrogen (secondary N) is 1. The molecule has 1 unspecified atom stereocenters. The van der Waals surface area contributed by atoms with E-state index in [9.17, 15) is 5.11 Å². The second-order valence-corrected chi connectivity index (χ2v) is 8.26. The molecule has 3 rings (SSSR count). The van der Waals surface area contributed by atoms with E-state index in [0.29, 0.717) is 12.5 Å². The molecular formula is C23H38N4O2. The smallest absolute Gasteiger partial charge is 0.193 e. The maximum Gasteiger partial charge on any atom is 0.193 e. The van der Waals surface area contributed by atoms with Crippen LogP contribution in [0.1, 0.15) is 38.2 Å². The Kier molecular flexibility index (Phi) is 9.25. The lowest BCUT2D eigenvalue weighted by Crippen LogP contribution is -2.40. The molecule has 2 heterocycles. The number of benzene rings is 1. The summed E-state index contributed by atoms with van der Waals surface area (Å²) in [4.78, 5) is 9.71. The molecule has 29 heavy (non-hydrogen) atoms. The van der Waals surface area contributed by atoms with Gasteiger partial charge in [0.05, 0.1) is 19.3 Å². The quantitative estimate of drug-likeness (QED) is 0.377. The van der Waals surface area contributed by atoms with Gasteiger partial charge in [-0.3, -0.25) is 4.99 Å². The van der Waals surface area contributed by atoms with Crippen molar-refractivity contribution in [3.8, 4) is 0 Å². The second-order valence-electron chi connectivity index (χ2n) is 8.26. The van der Waals surface area contributed by atoms with Crippen LogP contribution in [0.3, 0.4) is 0 Å². The van der Waals surface area contributed by atoms with Gasteiger partial charge in [-0.25, -0.2) is 0 Å². The maximum absolute atomic E-state index is 9.61. The first kappa shape index (κ1) is 22.1. The number of rotatable bonds is 9. The van der Waals surface area contributed by atoms with Gasteiger partial charge in [-0.15, -0.1) is 0 Å². The van der Waals surface area contributed by atoms with Crippen molar-refractivity contribution in [2.75, 3.05) is 52.4 Å². The molecule has 2 saturated heterocycles. The zero-order valence-electron chi connectivity index (χ0n) is 17.9. The van der Waals surface area contributed by atoms with E-state index in [2.05, 4.69) is 46.3 Å². The van der Waals surface area contributed by atoms with Crippen molar-refractivity contribution in [2.24, 2.45) is 10.9 Å². The van der Waals surface area contributed by atoms with Gasteiger partial charge >= 0.3 is 0 Å². The van der Waals surface area contributed by atoms with E-state index < -0.39 is 0 Å². The number of likely N-dealkylation sites (tertiary alicyclic amines) is 2. The fourth-order valence-electron chi connectivity index (χ4n) is 4.13. The Morgan fingerprint density at radius 1 is 1.17 bits per heavy atom. The predicted octanol–water partition coefficient (Wildman–Crippen LogP) is 2.34. The highest BCUT2D eigenvalue weighted by molar-refractivity contribution is 5.80. The fourth-order valence-corrected chi connectivity index (χ4v) is 4.13. The third-order valence-electron chi connectivity index (χ3n) is 5.84. The summed E-state index contributed by atoms with van der Waals surface area (Å²) < 4.78 is 5.95. The predicted molar refractivity (Wildman–Crippen MR) is 118 cm³/mol. The van der Waals surface area contributed by atoms with Crippen molar-refractivity contribution in [1.29, 1.82) is 0 Å². The first-order valence-corrected chi connectivity index (χ1v) is 11.3. The van der Waals surface area contributed by atoms with Gasteiger partial charge in [0.2, 0.25) is 0 Å². The van der Waals surface area contributed by atoms with Gasteiger partial charge in [0, 0.05) is 45.2 Å². The number of aliphatic hydroxyl groups excluding tert-OH is 1. The normalized spacial score (nSPS) is 21.7. The zero-order valence-corrected chi connectivity index (χ0v) is 17.9. The molecule has 0 aromatic heterocycles. The van der Waals surface area contributed by atoms with E-state index in [1.807, 2.05) is 6.07 Å². The topological polar surface area (TPSA) is 60.3 Å². The van der Waals surface area contributed by atoms with Gasteiger partial charge < -0.3 is 25.0 Å². The van der Waals surface area contributed by atoms with E-state index in [-0.39, 0.29) is 6.10 Å². The first-order valence-electron chi connectivity index (χ1n) is 11.3. The Morgan fingerprint density at radius 2 is 1.97 bits per heavy atom. The van der Waals surface area contributed by atoms with Gasteiger partial charge in [0.25, 0.3) is 0 Å². The highest BCUT2D eigenvalue weighted by Gasteiger charge is 2.25. The van der Waals surface area contributed by atoms with Crippen LogP contribution in [0.2, 0.25) is 0 Å². The number of guanidine groups is 1. The summed E-state index contributed by atoms with van der Waals surface area (Å²) in [6.07, 6.45) is 3.96. The molecule has 162 valence electrons. The molecule has 2 aliphatic rings. The highest BCUT2D eigenvalue weighted by Crippen LogP contribution is 2.17. The largest absolute Gasteiger partial charge is 0.393 e. The summed E-state index contributed by atoms with van der Waals surface area (Å²) >= 11 is 0. The lowest BCUT2D eigenvalue weighted by Gasteiger charge is -2.29. The van der Waals surface area contributed by atoms with Crippen molar-refractivity contribution >= 4 is 5.96 Å². The molecule has 2 aliphatic heterocycles. The number of ether oxygens (including phenoxy) is 1. The van der Waals surface area contributed by atoms with Crippen LogP contribution in [0.15, 0.2) is 35.3 Å². The van der Waals surface area contributed by atoms with E-state index >= 15 is 0 Å². The highest BCUT2D eigenvalue weighted by atomic mass is 16.5. The SMILES string of the molecule is CCNC(=NCCCN1CCC(O)CC1)N1CCC(COCc2ccccc2)C1. The number of nitrogens with zero attached hydrogens (tertiary/aromatic N) is 3. The summed E-state index contributed by atoms with van der Waals surface area (Å²) in [5.74, 6) is 1.62. The molecule has 0 spiro atoms. The fraction of sp³-hybridized carbons (Fsp3) is 0.696. The number of hydrogen-bond acceptors (Lipinski definition) is 4. The number of aliphatic imine (C=N–C) groups is 1. The molecule has 0 amide bonds. The van der Waals surface area contributed by atoms with E-state index in [1.165, 1.54) is 5.56 Å². The van der Waals surface area contributed by atoms with Gasteiger partial charge in [0.15, 0.2) is 5.96 Å². The summed E-state index contributed by atoms with van der Waals surface area (Å²) in [6, 6.07) is 10.4. The minimum atomic E-state index is -0.0931. The molecule has 0 aliphatic carbocycles. The van der Waals surface area contributed by atoms with Crippen LogP contribution in [0.4, 0.5) is 0 Å². The standard InChI is InChI=1S/C23H38N4O2/c1-2-24-23(25-12-6-13-26-14-10-22(28)11-15-26)27-16-9-21(17-27)19-29-18-20-7-4-3-5-8-20/h3-5,7-8,21-22,28H,2,6,9-19H2,1H3,(H,24,25). The van der Waals surface area contributed by atoms with Crippen LogP contribution < -0.4 is 5.32 Å². The lowest BCUT2D eigenvalue weighted by molar-refractivity contribution is 0.0824. The van der Waals surface area contributed by atoms with E-state index in [1.54, 1.807) is 0 Å². The van der Waals surface area contributed by atoms with Gasteiger partial charge in [-0.2, -0.15) is 0 Å². The van der Waals surface area contributed by atoms with Gasteiger partial charge in [0.1, 0.15) is 0 Å². The molecule has 2 N–H and O–H groups in total. The minimum absolute atomic E-state index is 0.0931. The summed E-state index contributed by atoms with van der Waals surface area (Å²) in [7, 11) is 0. The molecule has 6 heteroatoms. The van der Waals surface area contributed by atoms with Gasteiger partial charge in [-0.05, 0) is 44.7 Å². The Balaban J connectivity index is 1.36.